The van der Waals surface area contributed by atoms with Crippen LogP contribution in [0, 0.1) is 34.0 Å². The van der Waals surface area contributed by atoms with Gasteiger partial charge in [-0.15, -0.1) is 0 Å². The topological polar surface area (TPSA) is 154 Å². The summed E-state index contributed by atoms with van der Waals surface area (Å²) in [5, 5.41) is 34.3. The van der Waals surface area contributed by atoms with Gasteiger partial charge < -0.3 is 13.7 Å². The molecule has 12 heteroatoms. The summed E-state index contributed by atoms with van der Waals surface area (Å²) in [7, 11) is -8.17. The maximum atomic E-state index is 14.2. The first-order valence-corrected chi connectivity index (χ1v) is 25.0. The van der Waals surface area contributed by atoms with E-state index in [1.165, 1.54) is 42.5 Å². The summed E-state index contributed by atoms with van der Waals surface area (Å²) < 4.78 is 63.0. The van der Waals surface area contributed by atoms with E-state index in [2.05, 4.69) is 62.7 Å². The van der Waals surface area contributed by atoms with Crippen molar-refractivity contribution in [2.45, 2.75) is 21.6 Å². The summed E-state index contributed by atoms with van der Waals surface area (Å²) in [6.45, 7) is 6.29. The van der Waals surface area contributed by atoms with Gasteiger partial charge >= 0.3 is 0 Å². The zero-order valence-electron chi connectivity index (χ0n) is 37.2. The van der Waals surface area contributed by atoms with Crippen LogP contribution in [0.25, 0.3) is 82.5 Å². The summed E-state index contributed by atoms with van der Waals surface area (Å²) in [6.07, 6.45) is 4.82. The van der Waals surface area contributed by atoms with Crippen LogP contribution in [0.15, 0.2) is 214 Å². The molecule has 0 N–H and O–H groups in total. The third kappa shape index (κ3) is 6.49. The molecule has 0 aliphatic heterocycles. The molecule has 0 fully saturated rings. The lowest BCUT2D eigenvalue weighted by atomic mass is 10.0. The zero-order chi connectivity index (χ0) is 48.5. The molecule has 0 unspecified atom stereocenters. The van der Waals surface area contributed by atoms with Crippen LogP contribution in [0.3, 0.4) is 0 Å². The summed E-state index contributed by atoms with van der Waals surface area (Å²) in [5.74, 6) is 0. The van der Waals surface area contributed by atoms with Crippen LogP contribution in [0.5, 0.6) is 0 Å². The van der Waals surface area contributed by atoms with Crippen molar-refractivity contribution in [3.05, 3.63) is 216 Å². The minimum absolute atomic E-state index is 0.0173. The number of fused-ring (bicyclic) bond motifs is 12. The fraction of sp³-hybridized carbons (Fsp3) is 0.0172. The highest BCUT2D eigenvalue weighted by molar-refractivity contribution is 7.95. The molecule has 8 aromatic carbocycles. The summed E-state index contributed by atoms with van der Waals surface area (Å²) >= 11 is 0. The van der Waals surface area contributed by atoms with E-state index in [4.69, 9.17) is 0 Å². The van der Waals surface area contributed by atoms with E-state index < -0.39 is 19.7 Å². The number of nitriles is 3. The van der Waals surface area contributed by atoms with Crippen LogP contribution < -0.4 is 0 Å². The Balaban J connectivity index is 1.24. The number of nitrogens with zero attached hydrogens (tertiary/aromatic N) is 6. The van der Waals surface area contributed by atoms with E-state index >= 15 is 0 Å². The number of benzene rings is 8. The Bertz CT molecular complexity index is 4480. The number of hydrogen-bond donors (Lipinski definition) is 0. The Morgan fingerprint density at radius 3 is 1.56 bits per heavy atom. The van der Waals surface area contributed by atoms with Crippen molar-refractivity contribution in [3.63, 3.8) is 0 Å². The number of hydrogen-bond acceptors (Lipinski definition) is 7. The van der Waals surface area contributed by atoms with Gasteiger partial charge in [0.05, 0.1) is 81.5 Å². The average Bonchev–Trinajstić information content (AvgIpc) is 4.05. The van der Waals surface area contributed by atoms with Crippen LogP contribution in [-0.2, 0) is 19.7 Å². The molecule has 11 rings (SSSR count). The molecular formula is C58H36N6O4S2. The molecular weight excluding hydrogens is 909 g/mol. The molecule has 3 aromatic heterocycles. The highest BCUT2D eigenvalue weighted by atomic mass is 32.2. The quantitative estimate of drug-likeness (QED) is 0.130. The van der Waals surface area contributed by atoms with Crippen molar-refractivity contribution >= 4 is 90.8 Å². The molecule has 0 saturated heterocycles. The second-order valence-corrected chi connectivity index (χ2v) is 20.5. The van der Waals surface area contributed by atoms with E-state index in [1.807, 2.05) is 78.9 Å². The minimum Gasteiger partial charge on any atom is -0.309 e. The molecule has 0 atom stereocenters. The van der Waals surface area contributed by atoms with Crippen molar-refractivity contribution in [2.24, 2.45) is 0 Å². The lowest BCUT2D eigenvalue weighted by Gasteiger charge is -2.14. The van der Waals surface area contributed by atoms with Crippen LogP contribution in [0.2, 0.25) is 0 Å². The zero-order valence-corrected chi connectivity index (χ0v) is 38.9. The first-order valence-electron chi connectivity index (χ1n) is 22.1. The number of para-hydroxylation sites is 4. The molecule has 0 amide bonds. The van der Waals surface area contributed by atoms with Gasteiger partial charge in [-0.3, -0.25) is 0 Å². The van der Waals surface area contributed by atoms with E-state index in [-0.39, 0.29) is 30.7 Å². The molecule has 0 aliphatic rings. The maximum Gasteiger partial charge on any atom is 0.207 e. The van der Waals surface area contributed by atoms with E-state index in [0.29, 0.717) is 16.9 Å². The highest BCUT2D eigenvalue weighted by Gasteiger charge is 2.29. The average molecular weight is 945 g/mol. The fourth-order valence-electron chi connectivity index (χ4n) is 9.82. The maximum absolute atomic E-state index is 14.2. The summed E-state index contributed by atoms with van der Waals surface area (Å²) in [6, 6.07) is 57.0. The van der Waals surface area contributed by atoms with Crippen LogP contribution >= 0.6 is 0 Å². The molecule has 0 spiro atoms. The van der Waals surface area contributed by atoms with Crippen LogP contribution in [0.1, 0.15) is 23.6 Å². The lowest BCUT2D eigenvalue weighted by molar-refractivity contribution is 0.595. The lowest BCUT2D eigenvalue weighted by Crippen LogP contribution is -2.05. The Labute approximate surface area is 402 Å². The molecule has 0 aliphatic carbocycles. The van der Waals surface area contributed by atoms with Gasteiger partial charge in [-0.25, -0.2) is 16.8 Å². The Kier molecular flexibility index (Phi) is 10.2. The summed E-state index contributed by atoms with van der Waals surface area (Å²) in [5.41, 5.74) is 7.78. The highest BCUT2D eigenvalue weighted by Crippen LogP contribution is 2.50. The van der Waals surface area contributed by atoms with E-state index in [9.17, 15) is 32.6 Å². The van der Waals surface area contributed by atoms with Gasteiger partial charge in [0, 0.05) is 49.4 Å². The predicted molar refractivity (Wildman–Crippen MR) is 276 cm³/mol. The SMILES string of the molecule is C=C(/C=C\C(=C/C)S(=O)(=O)c1ccc(C#N)cc1)n1c2ccccc2c2c1c1c3ccccc3n(-c3ccccc3)c1c1c3ccccc3n(-c3ccc(S(=O)(=O)c4ccc(C#N)cc4C#N)cc3)c21. The Morgan fingerprint density at radius 1 is 0.514 bits per heavy atom. The van der Waals surface area contributed by atoms with Crippen LogP contribution in [-0.4, -0.2) is 30.5 Å². The normalized spacial score (nSPS) is 12.3. The fourth-order valence-corrected chi connectivity index (χ4v) is 12.5. The Hall–Kier alpha value is -9.25. The van der Waals surface area contributed by atoms with Crippen molar-refractivity contribution in [1.29, 1.82) is 15.8 Å². The number of sulfone groups is 2. The van der Waals surface area contributed by atoms with Crippen LogP contribution in [0.4, 0.5) is 0 Å². The smallest absolute Gasteiger partial charge is 0.207 e. The number of allylic oxidation sites excluding steroid dienone is 4. The molecule has 70 heavy (non-hydrogen) atoms. The molecule has 334 valence electrons. The first-order chi connectivity index (χ1) is 34.0. The predicted octanol–water partition coefficient (Wildman–Crippen LogP) is 12.8. The second-order valence-electron chi connectivity index (χ2n) is 16.7. The molecule has 3 heterocycles. The van der Waals surface area contributed by atoms with Gasteiger partial charge in [-0.2, -0.15) is 15.8 Å². The molecule has 0 saturated carbocycles. The molecule has 11 aromatic rings. The van der Waals surface area contributed by atoms with E-state index in [0.717, 1.165) is 71.1 Å². The van der Waals surface area contributed by atoms with Crippen molar-refractivity contribution < 1.29 is 16.8 Å². The van der Waals surface area contributed by atoms with Gasteiger partial charge in [0.25, 0.3) is 0 Å². The van der Waals surface area contributed by atoms with E-state index in [1.54, 1.807) is 49.4 Å². The first kappa shape index (κ1) is 43.3. The molecule has 0 bridgehead atoms. The van der Waals surface area contributed by atoms with Gasteiger partial charge in [0.15, 0.2) is 0 Å². The third-order valence-corrected chi connectivity index (χ3v) is 16.6. The van der Waals surface area contributed by atoms with Gasteiger partial charge in [0.1, 0.15) is 6.07 Å². The second kappa shape index (κ2) is 16.5. The summed E-state index contributed by atoms with van der Waals surface area (Å²) in [4.78, 5) is -0.0894. The van der Waals surface area contributed by atoms with Gasteiger partial charge in [-0.1, -0.05) is 85.5 Å². The molecule has 0 radical (unpaired) electrons. The van der Waals surface area contributed by atoms with Gasteiger partial charge in [0.2, 0.25) is 19.7 Å². The van der Waals surface area contributed by atoms with Crippen molar-refractivity contribution in [1.82, 2.24) is 13.7 Å². The number of rotatable bonds is 9. The largest absolute Gasteiger partial charge is 0.309 e. The monoisotopic (exact) mass is 944 g/mol. The third-order valence-electron chi connectivity index (χ3n) is 12.9. The number of aromatic nitrogens is 3. The minimum atomic E-state index is -4.19. The van der Waals surface area contributed by atoms with Gasteiger partial charge in [-0.05, 0) is 116 Å². The van der Waals surface area contributed by atoms with Crippen molar-refractivity contribution in [2.75, 3.05) is 0 Å². The van der Waals surface area contributed by atoms with Crippen molar-refractivity contribution in [3.8, 4) is 29.6 Å². The standard InChI is InChI=1S/C58H36N6O4S2/c1-3-43(69(65,66)44-28-22-38(34-59)23-29-44)27-21-37(2)62-49-18-10-7-15-46(49)53-56(62)54-47-16-8-11-19-50(47)63(41-13-5-4-6-14-41)57(54)55-48-17-9-12-20-51(48)64(58(53)55)42-25-30-45(31-26-42)70(67,68)52-32-24-39(35-60)33-40(52)36-61/h3-33H,2H2,1H3/b27-21-,43-3+. The Morgan fingerprint density at radius 2 is 1.00 bits per heavy atom. The molecule has 10 nitrogen and oxygen atoms in total.